The number of halogens is 2. The van der Waals surface area contributed by atoms with Crippen LogP contribution in [0.5, 0.6) is 0 Å². The monoisotopic (exact) mass is 439 g/mol. The molecular weight excluding hydrogens is 426 g/mol. The van der Waals surface area contributed by atoms with Crippen molar-refractivity contribution in [2.75, 3.05) is 6.54 Å². The second kappa shape index (κ2) is 6.36. The molecule has 0 amide bonds. The molecule has 1 saturated heterocycles. The lowest BCUT2D eigenvalue weighted by molar-refractivity contribution is -0.143. The van der Waals surface area contributed by atoms with Crippen molar-refractivity contribution in [3.05, 3.63) is 27.1 Å². The van der Waals surface area contributed by atoms with Crippen LogP contribution in [0.3, 0.4) is 0 Å². The van der Waals surface area contributed by atoms with Gasteiger partial charge < -0.3 is 5.11 Å². The Morgan fingerprint density at radius 2 is 2.05 bits per heavy atom. The van der Waals surface area contributed by atoms with Crippen molar-refractivity contribution in [1.82, 2.24) is 4.31 Å². The van der Waals surface area contributed by atoms with Gasteiger partial charge in [-0.05, 0) is 52.9 Å². The van der Waals surface area contributed by atoms with Crippen LogP contribution in [0, 0.1) is 5.92 Å². The summed E-state index contributed by atoms with van der Waals surface area (Å²) in [5.74, 6) is -0.899. The van der Waals surface area contributed by atoms with Crippen molar-refractivity contribution in [2.45, 2.75) is 30.7 Å². The van der Waals surface area contributed by atoms with Crippen molar-refractivity contribution >= 4 is 47.9 Å². The summed E-state index contributed by atoms with van der Waals surface area (Å²) in [5, 5.41) is 9.32. The van der Waals surface area contributed by atoms with E-state index >= 15 is 0 Å². The highest BCUT2D eigenvalue weighted by Gasteiger charge is 2.40. The second-order valence-electron chi connectivity index (χ2n) is 5.17. The Morgan fingerprint density at radius 1 is 1.38 bits per heavy atom. The second-order valence-corrected chi connectivity index (χ2v) is 8.80. The zero-order valence-corrected chi connectivity index (χ0v) is 15.3. The first-order chi connectivity index (χ1) is 9.73. The zero-order chi connectivity index (χ0) is 15.8. The van der Waals surface area contributed by atoms with E-state index in [-0.39, 0.29) is 17.4 Å². The third-order valence-corrected chi connectivity index (χ3v) is 6.96. The van der Waals surface area contributed by atoms with E-state index in [0.29, 0.717) is 17.3 Å². The van der Waals surface area contributed by atoms with Gasteiger partial charge in [0.2, 0.25) is 10.0 Å². The van der Waals surface area contributed by atoms with Crippen molar-refractivity contribution in [3.63, 3.8) is 0 Å². The minimum Gasteiger partial charge on any atom is -0.480 e. The van der Waals surface area contributed by atoms with Gasteiger partial charge in [0.25, 0.3) is 0 Å². The van der Waals surface area contributed by atoms with Crippen molar-refractivity contribution in [2.24, 2.45) is 5.92 Å². The molecule has 116 valence electrons. The fourth-order valence-electron chi connectivity index (χ4n) is 2.44. The van der Waals surface area contributed by atoms with Crippen molar-refractivity contribution in [3.8, 4) is 0 Å². The average molecular weight is 441 g/mol. The molecule has 2 unspecified atom stereocenters. The molecule has 1 aliphatic rings. The van der Waals surface area contributed by atoms with Crippen LogP contribution >= 0.6 is 31.9 Å². The van der Waals surface area contributed by atoms with Crippen LogP contribution in [0.1, 0.15) is 19.8 Å². The maximum Gasteiger partial charge on any atom is 0.322 e. The molecule has 8 heteroatoms. The van der Waals surface area contributed by atoms with Crippen LogP contribution in [-0.2, 0) is 14.8 Å². The molecule has 0 bridgehead atoms. The normalized spacial score (nSPS) is 24.0. The molecule has 2 atom stereocenters. The Balaban J connectivity index is 2.44. The van der Waals surface area contributed by atoms with E-state index in [2.05, 4.69) is 31.9 Å². The molecule has 0 radical (unpaired) electrons. The number of sulfonamides is 1. The van der Waals surface area contributed by atoms with Gasteiger partial charge in [-0.2, -0.15) is 4.31 Å². The van der Waals surface area contributed by atoms with Crippen molar-refractivity contribution in [1.29, 1.82) is 0 Å². The average Bonchev–Trinajstić information content (AvgIpc) is 2.37. The summed E-state index contributed by atoms with van der Waals surface area (Å²) >= 11 is 6.50. The Bertz CT molecular complexity index is 662. The van der Waals surface area contributed by atoms with Crippen molar-refractivity contribution < 1.29 is 18.3 Å². The topological polar surface area (TPSA) is 74.7 Å². The smallest absolute Gasteiger partial charge is 0.322 e. The van der Waals surface area contributed by atoms with Crippen LogP contribution in [0.15, 0.2) is 32.0 Å². The fourth-order valence-corrected chi connectivity index (χ4v) is 5.76. The Labute approximate surface area is 140 Å². The summed E-state index contributed by atoms with van der Waals surface area (Å²) in [4.78, 5) is 11.5. The molecule has 0 saturated carbocycles. The van der Waals surface area contributed by atoms with Gasteiger partial charge in [0.15, 0.2) is 0 Å². The highest BCUT2D eigenvalue weighted by atomic mass is 79.9. The summed E-state index contributed by atoms with van der Waals surface area (Å²) in [6, 6.07) is 3.73. The summed E-state index contributed by atoms with van der Waals surface area (Å²) in [5.41, 5.74) is 0. The third-order valence-electron chi connectivity index (χ3n) is 3.58. The Kier molecular flexibility index (Phi) is 5.12. The SMILES string of the molecule is CC1CCN(S(=O)(=O)c2ccc(Br)cc2Br)C(C(=O)O)C1. The van der Waals surface area contributed by atoms with Gasteiger partial charge in [0, 0.05) is 15.5 Å². The lowest BCUT2D eigenvalue weighted by Gasteiger charge is -2.35. The van der Waals surface area contributed by atoms with Crippen LogP contribution in [0.4, 0.5) is 0 Å². The van der Waals surface area contributed by atoms with Gasteiger partial charge >= 0.3 is 5.97 Å². The van der Waals surface area contributed by atoms with Gasteiger partial charge in [-0.15, -0.1) is 0 Å². The molecule has 1 heterocycles. The standard InChI is InChI=1S/C13H15Br2NO4S/c1-8-4-5-16(11(6-8)13(17)18)21(19,20)12-3-2-9(14)7-10(12)15/h2-3,7-8,11H,4-6H2,1H3,(H,17,18). The van der Waals surface area contributed by atoms with E-state index in [9.17, 15) is 18.3 Å². The van der Waals surface area contributed by atoms with Gasteiger partial charge in [-0.25, -0.2) is 8.42 Å². The number of carboxylic acid groups (broad SMARTS) is 1. The zero-order valence-electron chi connectivity index (χ0n) is 11.3. The van der Waals surface area contributed by atoms with Crippen LogP contribution in [0.2, 0.25) is 0 Å². The first-order valence-electron chi connectivity index (χ1n) is 6.43. The first-order valence-corrected chi connectivity index (χ1v) is 9.46. The maximum atomic E-state index is 12.8. The van der Waals surface area contributed by atoms with Crippen LogP contribution < -0.4 is 0 Å². The molecule has 0 spiro atoms. The molecule has 2 rings (SSSR count). The Hall–Kier alpha value is -0.440. The molecular formula is C13H15Br2NO4S. The van der Waals surface area contributed by atoms with Gasteiger partial charge in [0.05, 0.1) is 4.90 Å². The molecule has 1 N–H and O–H groups in total. The number of rotatable bonds is 3. The molecule has 0 aromatic heterocycles. The largest absolute Gasteiger partial charge is 0.480 e. The number of aliphatic carboxylic acids is 1. The predicted molar refractivity (Wildman–Crippen MR) is 85.6 cm³/mol. The third kappa shape index (κ3) is 3.49. The number of nitrogens with zero attached hydrogens (tertiary/aromatic N) is 1. The number of carbonyl (C=O) groups is 1. The number of benzene rings is 1. The van der Waals surface area contributed by atoms with E-state index in [0.717, 1.165) is 8.78 Å². The summed E-state index contributed by atoms with van der Waals surface area (Å²) < 4.78 is 27.8. The first kappa shape index (κ1) is 16.9. The fraction of sp³-hybridized carbons (Fsp3) is 0.462. The lowest BCUT2D eigenvalue weighted by atomic mass is 9.94. The number of piperidine rings is 1. The molecule has 5 nitrogen and oxygen atoms in total. The quantitative estimate of drug-likeness (QED) is 0.783. The van der Waals surface area contributed by atoms with E-state index in [1.54, 1.807) is 12.1 Å². The van der Waals surface area contributed by atoms with Gasteiger partial charge in [0.1, 0.15) is 6.04 Å². The molecule has 21 heavy (non-hydrogen) atoms. The van der Waals surface area contributed by atoms with Crippen LogP contribution in [-0.4, -0.2) is 36.4 Å². The van der Waals surface area contributed by atoms with Crippen LogP contribution in [0.25, 0.3) is 0 Å². The Morgan fingerprint density at radius 3 is 2.62 bits per heavy atom. The van der Waals surface area contributed by atoms with E-state index < -0.39 is 22.0 Å². The predicted octanol–water partition coefficient (Wildman–Crippen LogP) is 3.09. The number of hydrogen-bond donors (Lipinski definition) is 1. The highest BCUT2D eigenvalue weighted by molar-refractivity contribution is 9.11. The number of carboxylic acids is 1. The minimum absolute atomic E-state index is 0.0894. The summed E-state index contributed by atoms with van der Waals surface area (Å²) in [6.45, 7) is 2.17. The summed E-state index contributed by atoms with van der Waals surface area (Å²) in [7, 11) is -3.84. The molecule has 1 aromatic rings. The molecule has 0 aliphatic carbocycles. The number of hydrogen-bond acceptors (Lipinski definition) is 3. The molecule has 1 aliphatic heterocycles. The highest BCUT2D eigenvalue weighted by Crippen LogP contribution is 2.33. The molecule has 1 fully saturated rings. The maximum absolute atomic E-state index is 12.8. The van der Waals surface area contributed by atoms with E-state index in [1.807, 2.05) is 6.92 Å². The molecule has 1 aromatic carbocycles. The van der Waals surface area contributed by atoms with Gasteiger partial charge in [-0.3, -0.25) is 4.79 Å². The van der Waals surface area contributed by atoms with Gasteiger partial charge in [-0.1, -0.05) is 22.9 Å². The summed E-state index contributed by atoms with van der Waals surface area (Å²) in [6.07, 6.45) is 1.000. The lowest BCUT2D eigenvalue weighted by Crippen LogP contribution is -2.49. The minimum atomic E-state index is -3.84. The van der Waals surface area contributed by atoms with E-state index in [1.165, 1.54) is 6.07 Å². The van der Waals surface area contributed by atoms with E-state index in [4.69, 9.17) is 0 Å².